The summed E-state index contributed by atoms with van der Waals surface area (Å²) < 4.78 is 5.44. The Morgan fingerprint density at radius 2 is 1.27 bits per heavy atom. The van der Waals surface area contributed by atoms with Gasteiger partial charge in [-0.05, 0) is 158 Å². The van der Waals surface area contributed by atoms with Gasteiger partial charge in [0, 0.05) is 76.9 Å². The van der Waals surface area contributed by atoms with Crippen LogP contribution < -0.4 is 9.64 Å². The normalized spacial score (nSPS) is 14.5. The van der Waals surface area contributed by atoms with Gasteiger partial charge < -0.3 is 19.8 Å². The number of aromatic nitrogens is 1. The van der Waals surface area contributed by atoms with Crippen LogP contribution in [0.25, 0.3) is 20.9 Å². The fraction of sp³-hybridized carbons (Fsp3) is 0.449. The van der Waals surface area contributed by atoms with E-state index in [0.29, 0.717) is 23.6 Å². The van der Waals surface area contributed by atoms with Crippen molar-refractivity contribution in [1.29, 1.82) is 0 Å². The van der Waals surface area contributed by atoms with Crippen LogP contribution in [0.1, 0.15) is 71.5 Å². The van der Waals surface area contributed by atoms with Gasteiger partial charge >= 0.3 is 11.9 Å². The number of thiophene rings is 2. The molecule has 0 spiro atoms. The maximum Gasteiger partial charge on any atom is 0.317 e. The number of anilines is 1. The van der Waals surface area contributed by atoms with Gasteiger partial charge in [-0.3, -0.25) is 24.4 Å². The molecule has 3 heterocycles. The zero-order valence-electron chi connectivity index (χ0n) is 38.6. The van der Waals surface area contributed by atoms with Crippen LogP contribution in [-0.4, -0.2) is 102 Å². The van der Waals surface area contributed by atoms with Gasteiger partial charge in [-0.25, -0.2) is 0 Å². The number of hydrogen-bond donors (Lipinski definition) is 2. The number of phenols is 1. The van der Waals surface area contributed by atoms with Gasteiger partial charge in [0.2, 0.25) is 0 Å². The monoisotopic (exact) mass is 936 g/mol. The highest BCUT2D eigenvalue weighted by Crippen LogP contribution is 2.33. The van der Waals surface area contributed by atoms with Crippen molar-refractivity contribution in [1.82, 2.24) is 14.8 Å². The molecule has 2 N–H and O–H groups in total. The van der Waals surface area contributed by atoms with Crippen LogP contribution in [-0.2, 0) is 48.1 Å². The second-order valence-corrected chi connectivity index (χ2v) is 18.1. The largest absolute Gasteiger partial charge is 0.508 e. The molecule has 0 aliphatic heterocycles. The van der Waals surface area contributed by atoms with Crippen LogP contribution in [0.3, 0.4) is 0 Å². The molecule has 0 fully saturated rings. The molecular weight excluding hydrogens is 873 g/mol. The van der Waals surface area contributed by atoms with Crippen LogP contribution in [0.4, 0.5) is 5.69 Å². The third kappa shape index (κ3) is 18.2. The summed E-state index contributed by atoms with van der Waals surface area (Å²) in [4.78, 5) is 40.3. The van der Waals surface area contributed by atoms with Crippen LogP contribution in [0.5, 0.6) is 11.5 Å². The van der Waals surface area contributed by atoms with E-state index < -0.39 is 18.5 Å². The average molecular weight is 937 g/mol. The Hall–Kier alpha value is -5.93. The molecule has 0 radical (unpaired) electrons. The quantitative estimate of drug-likeness (QED) is 0.0282. The second-order valence-electron chi connectivity index (χ2n) is 16.1. The molecule has 0 saturated carbocycles. The van der Waals surface area contributed by atoms with E-state index in [0.717, 1.165) is 83.0 Å². The highest BCUT2D eigenvalue weighted by atomic mass is 32.1. The number of esters is 1. The summed E-state index contributed by atoms with van der Waals surface area (Å²) >= 11 is 3.69. The predicted molar refractivity (Wildman–Crippen MR) is 266 cm³/mol. The highest BCUT2D eigenvalue weighted by molar-refractivity contribution is 7.10. The van der Waals surface area contributed by atoms with Crippen LogP contribution >= 0.6 is 22.7 Å². The molecule has 5 aromatic rings. The number of rotatable bonds is 18. The first-order valence-electron chi connectivity index (χ1n) is 22.5. The molecule has 66 heavy (non-hydrogen) atoms. The van der Waals surface area contributed by atoms with E-state index in [1.807, 2.05) is 78.1 Å². The Kier molecular flexibility index (Phi) is 23.6. The molecule has 2 aliphatic rings. The molecule has 7 rings (SSSR count). The third-order valence-corrected chi connectivity index (χ3v) is 13.2. The van der Waals surface area contributed by atoms with Crippen LogP contribution in [0, 0.1) is 0 Å². The average Bonchev–Trinajstić information content (AvgIpc) is 4.07. The number of benzene rings is 2. The van der Waals surface area contributed by atoms with E-state index >= 15 is 0 Å². The molecule has 0 saturated heterocycles. The van der Waals surface area contributed by atoms with Crippen molar-refractivity contribution in [3.63, 3.8) is 0 Å². The lowest BCUT2D eigenvalue weighted by Gasteiger charge is -2.35. The van der Waals surface area contributed by atoms with Crippen molar-refractivity contribution in [2.24, 2.45) is 10.2 Å². The van der Waals surface area contributed by atoms with Crippen molar-refractivity contribution in [3.8, 4) is 11.5 Å². The smallest absolute Gasteiger partial charge is 0.317 e. The summed E-state index contributed by atoms with van der Waals surface area (Å²) in [5.74, 6) is -0.541. The van der Waals surface area contributed by atoms with Gasteiger partial charge in [0.05, 0.1) is 0 Å². The number of ether oxygens (including phenoxy) is 1. The number of hydrogen-bond acceptors (Lipinski definition) is 12. The van der Waals surface area contributed by atoms with Gasteiger partial charge in [-0.1, -0.05) is 60.5 Å². The third-order valence-electron chi connectivity index (χ3n) is 11.3. The van der Waals surface area contributed by atoms with Crippen molar-refractivity contribution < 1.29 is 24.5 Å². The SMILES string of the molecule is CCCN(CCc1cccs1)[C@H]1CCc2c(O)cccc2C1.CCCN(CCc1cccs1)[C@H]1CCc2c(cccc2OC(=O)CN=[N+]=[N-])C1.CN(C)c1ccncc1.[N-]=[N+]=NCC(=O)O. The van der Waals surface area contributed by atoms with E-state index in [9.17, 15) is 14.7 Å². The van der Waals surface area contributed by atoms with E-state index in [-0.39, 0.29) is 6.54 Å². The number of carbonyl (C=O) groups is 2. The molecule has 3 aromatic heterocycles. The molecule has 2 atom stereocenters. The molecule has 0 bridgehead atoms. The summed E-state index contributed by atoms with van der Waals surface area (Å²) in [6, 6.07) is 25.7. The summed E-state index contributed by atoms with van der Waals surface area (Å²) in [6.07, 6.45) is 14.3. The zero-order chi connectivity index (χ0) is 47.5. The van der Waals surface area contributed by atoms with Gasteiger partial charge in [0.15, 0.2) is 0 Å². The number of azide groups is 2. The van der Waals surface area contributed by atoms with Crippen LogP contribution in [0.2, 0.25) is 0 Å². The molecule has 17 heteroatoms. The Bertz CT molecular complexity index is 2280. The van der Waals surface area contributed by atoms with Gasteiger partial charge in [0.25, 0.3) is 0 Å². The standard InChI is InChI=1S/C21H26N4O2S.C19H25NOS.C7H10N2.C2H3N3O2/c1-2-11-25(12-10-18-6-4-13-28-18)17-8-9-19-16(14-17)5-3-7-20(19)27-21(26)15-23-24-22;1-2-11-20(12-10-17-6-4-13-22-17)16-8-9-18-15(14-16)5-3-7-19(18)21;1-9(2)7-3-5-8-6-4-7;3-5-4-1-2(6)7/h3-7,13,17H,2,8-12,14-15H2,1H3;3-7,13,16,21H,2,8-12,14H2,1H3;3-6H,1-2H3;1H2,(H,6,7)/t17-;16-;;/m00../s1. The molecular formula is C49H64N10O5S2. The van der Waals surface area contributed by atoms with E-state index in [1.54, 1.807) is 12.4 Å². The lowest BCUT2D eigenvalue weighted by molar-refractivity contribution is -0.135. The number of aliphatic carboxylic acids is 1. The molecule has 352 valence electrons. The summed E-state index contributed by atoms with van der Waals surface area (Å²) in [6.45, 7) is 8.24. The van der Waals surface area contributed by atoms with E-state index in [2.05, 4.69) is 95.8 Å². The Labute approximate surface area is 396 Å². The maximum absolute atomic E-state index is 11.8. The van der Waals surface area contributed by atoms with Crippen molar-refractivity contribution in [2.45, 2.75) is 90.1 Å². The minimum Gasteiger partial charge on any atom is -0.508 e. The molecule has 0 amide bonds. The fourth-order valence-electron chi connectivity index (χ4n) is 8.16. The van der Waals surface area contributed by atoms with Crippen molar-refractivity contribution in [2.75, 3.05) is 58.3 Å². The molecule has 0 unspecified atom stereocenters. The van der Waals surface area contributed by atoms with Gasteiger partial charge in [-0.15, -0.1) is 22.7 Å². The number of carboxylic acids is 1. The zero-order valence-corrected chi connectivity index (χ0v) is 40.2. The van der Waals surface area contributed by atoms with Crippen molar-refractivity contribution >= 4 is 40.3 Å². The highest BCUT2D eigenvalue weighted by Gasteiger charge is 2.27. The summed E-state index contributed by atoms with van der Waals surface area (Å²) in [5.41, 5.74) is 21.9. The van der Waals surface area contributed by atoms with Gasteiger partial charge in [0.1, 0.15) is 24.6 Å². The van der Waals surface area contributed by atoms with Gasteiger partial charge in [-0.2, -0.15) is 0 Å². The second kappa shape index (κ2) is 29.6. The Morgan fingerprint density at radius 1 is 0.742 bits per heavy atom. The lowest BCUT2D eigenvalue weighted by Crippen LogP contribution is -2.41. The number of phenolic OH excluding ortho intramolecular Hbond substituents is 1. The van der Waals surface area contributed by atoms with E-state index in [1.165, 1.54) is 45.1 Å². The number of carbonyl (C=O) groups excluding carboxylic acids is 1. The molecule has 15 nitrogen and oxygen atoms in total. The Morgan fingerprint density at radius 3 is 1.74 bits per heavy atom. The molecule has 2 aromatic carbocycles. The number of nitrogens with zero attached hydrogens (tertiary/aromatic N) is 10. The first kappa shape index (κ1) is 52.7. The number of carboxylic acid groups (broad SMARTS) is 1. The van der Waals surface area contributed by atoms with E-state index in [4.69, 9.17) is 20.9 Å². The van der Waals surface area contributed by atoms with Crippen molar-refractivity contribution in [3.05, 3.63) is 149 Å². The first-order valence-corrected chi connectivity index (χ1v) is 24.3. The topological polar surface area (TPSA) is 204 Å². The summed E-state index contributed by atoms with van der Waals surface area (Å²) in [7, 11) is 4.02. The number of pyridine rings is 1. The Balaban J connectivity index is 0.000000220. The minimum absolute atomic E-state index is 0.282. The summed E-state index contributed by atoms with van der Waals surface area (Å²) in [5, 5.41) is 28.1. The first-order chi connectivity index (χ1) is 32.1. The fourth-order valence-corrected chi connectivity index (χ4v) is 9.56. The lowest BCUT2D eigenvalue weighted by atomic mass is 9.86. The van der Waals surface area contributed by atoms with Crippen LogP contribution in [0.15, 0.2) is 106 Å². The maximum atomic E-state index is 11.8. The predicted octanol–water partition coefficient (Wildman–Crippen LogP) is 10.6. The number of fused-ring (bicyclic) bond motifs is 2. The molecule has 2 aliphatic carbocycles. The minimum atomic E-state index is -1.11. The number of aromatic hydroxyl groups is 1.